The zero-order chi connectivity index (χ0) is 20.1. The van der Waals surface area contributed by atoms with Crippen LogP contribution in [0, 0.1) is 13.8 Å². The molecule has 0 aliphatic carbocycles. The molecule has 3 aromatic rings. The largest absolute Gasteiger partial charge is 0.451 e. The molecule has 0 saturated carbocycles. The fraction of sp³-hybridized carbons (Fsp3) is 0.263. The van der Waals surface area contributed by atoms with Crippen LogP contribution in [0.4, 0.5) is 0 Å². The van der Waals surface area contributed by atoms with E-state index in [1.165, 1.54) is 0 Å². The maximum absolute atomic E-state index is 12.3. The van der Waals surface area contributed by atoms with Gasteiger partial charge in [-0.1, -0.05) is 18.2 Å². The highest BCUT2D eigenvalue weighted by atomic mass is 32.2. The second-order valence-corrected chi connectivity index (χ2v) is 8.14. The molecule has 1 aromatic carbocycles. The van der Waals surface area contributed by atoms with Crippen molar-refractivity contribution >= 4 is 45.2 Å². The van der Waals surface area contributed by atoms with Gasteiger partial charge in [0.15, 0.2) is 6.61 Å². The number of aromatic nitrogens is 2. The number of ether oxygens (including phenoxy) is 1. The molecular formula is C19H19N3O4S2. The molecule has 0 atom stereocenters. The number of thioether (sulfide) groups is 1. The Hall–Kier alpha value is -2.65. The molecule has 2 N–H and O–H groups in total. The molecule has 2 aromatic heterocycles. The number of nitrogens with one attached hydrogen (secondary N) is 2. The summed E-state index contributed by atoms with van der Waals surface area (Å²) in [4.78, 5) is 45.0. The van der Waals surface area contributed by atoms with Crippen molar-refractivity contribution in [1.82, 2.24) is 15.3 Å². The number of nitrogens with zero attached hydrogens (tertiary/aromatic N) is 1. The second-order valence-electron chi connectivity index (χ2n) is 5.98. The summed E-state index contributed by atoms with van der Waals surface area (Å²) in [5.41, 5.74) is 0.224. The molecule has 0 unspecified atom stereocenters. The first-order valence-electron chi connectivity index (χ1n) is 8.57. The fourth-order valence-electron chi connectivity index (χ4n) is 2.57. The highest BCUT2D eigenvalue weighted by Crippen LogP contribution is 2.27. The van der Waals surface area contributed by atoms with Crippen LogP contribution in [0.1, 0.15) is 21.1 Å². The standard InChI is InChI=1S/C19H19N3O4S2/c1-11-15-17(24)21-12(2)22-18(15)28-16(11)19(25)26-10-14(23)20-8-9-27-13-6-4-3-5-7-13/h3-7H,8-10H2,1-2H3,(H,20,23)(H,21,22,24). The normalized spacial score (nSPS) is 10.8. The van der Waals surface area contributed by atoms with Gasteiger partial charge < -0.3 is 15.0 Å². The first kappa shape index (κ1) is 20.1. The topological polar surface area (TPSA) is 101 Å². The fourth-order valence-corrected chi connectivity index (χ4v) is 4.48. The minimum atomic E-state index is -0.633. The first-order chi connectivity index (χ1) is 13.5. The van der Waals surface area contributed by atoms with Crippen molar-refractivity contribution in [2.24, 2.45) is 0 Å². The molecule has 0 bridgehead atoms. The van der Waals surface area contributed by atoms with Crippen molar-refractivity contribution in [3.63, 3.8) is 0 Å². The number of aryl methyl sites for hydroxylation is 2. The van der Waals surface area contributed by atoms with Crippen molar-refractivity contribution in [1.29, 1.82) is 0 Å². The van der Waals surface area contributed by atoms with Gasteiger partial charge in [-0.25, -0.2) is 9.78 Å². The zero-order valence-corrected chi connectivity index (χ0v) is 17.0. The number of amides is 1. The van der Waals surface area contributed by atoms with Crippen LogP contribution >= 0.6 is 23.1 Å². The van der Waals surface area contributed by atoms with Crippen molar-refractivity contribution in [3.8, 4) is 0 Å². The molecule has 3 rings (SSSR count). The van der Waals surface area contributed by atoms with Gasteiger partial charge in [-0.15, -0.1) is 23.1 Å². The van der Waals surface area contributed by atoms with Crippen molar-refractivity contribution in [3.05, 3.63) is 57.0 Å². The van der Waals surface area contributed by atoms with Crippen LogP contribution in [0.3, 0.4) is 0 Å². The lowest BCUT2D eigenvalue weighted by Gasteiger charge is -2.06. The number of carbonyl (C=O) groups is 2. The van der Waals surface area contributed by atoms with Crippen molar-refractivity contribution in [2.75, 3.05) is 18.9 Å². The highest BCUT2D eigenvalue weighted by molar-refractivity contribution is 7.99. The molecule has 7 nitrogen and oxygen atoms in total. The number of fused-ring (bicyclic) bond motifs is 1. The number of thiophene rings is 1. The van der Waals surface area contributed by atoms with E-state index in [1.807, 2.05) is 30.3 Å². The molecule has 2 heterocycles. The Morgan fingerprint density at radius 1 is 1.25 bits per heavy atom. The number of carbonyl (C=O) groups excluding carboxylic acids is 2. The Labute approximate surface area is 169 Å². The second kappa shape index (κ2) is 9.03. The van der Waals surface area contributed by atoms with Gasteiger partial charge in [-0.3, -0.25) is 9.59 Å². The molecule has 0 aliphatic heterocycles. The average molecular weight is 418 g/mol. The summed E-state index contributed by atoms with van der Waals surface area (Å²) in [7, 11) is 0. The Bertz CT molecular complexity index is 1060. The van der Waals surface area contributed by atoms with E-state index in [9.17, 15) is 14.4 Å². The summed E-state index contributed by atoms with van der Waals surface area (Å²) in [6.45, 7) is 3.44. The van der Waals surface area contributed by atoms with Crippen LogP contribution in [0.2, 0.25) is 0 Å². The van der Waals surface area contributed by atoms with E-state index in [4.69, 9.17) is 4.74 Å². The van der Waals surface area contributed by atoms with Crippen LogP contribution in [0.5, 0.6) is 0 Å². The maximum atomic E-state index is 12.3. The van der Waals surface area contributed by atoms with E-state index in [0.717, 1.165) is 16.2 Å². The summed E-state index contributed by atoms with van der Waals surface area (Å²) in [6, 6.07) is 9.87. The van der Waals surface area contributed by atoms with Crippen LogP contribution < -0.4 is 10.9 Å². The Balaban J connectivity index is 1.50. The van der Waals surface area contributed by atoms with E-state index in [2.05, 4.69) is 15.3 Å². The molecule has 9 heteroatoms. The number of esters is 1. The summed E-state index contributed by atoms with van der Waals surface area (Å²) in [5, 5.41) is 3.10. The SMILES string of the molecule is Cc1nc2sc(C(=O)OCC(=O)NCCSc3ccccc3)c(C)c2c(=O)[nH]1. The highest BCUT2D eigenvalue weighted by Gasteiger charge is 2.20. The molecular weight excluding hydrogens is 398 g/mol. The molecule has 0 fully saturated rings. The number of benzene rings is 1. The van der Waals surface area contributed by atoms with Gasteiger partial charge in [0, 0.05) is 17.2 Å². The van der Waals surface area contributed by atoms with Crippen LogP contribution in [0.25, 0.3) is 10.2 Å². The predicted octanol–water partition coefficient (Wildman–Crippen LogP) is 2.67. The third-order valence-electron chi connectivity index (χ3n) is 3.87. The lowest BCUT2D eigenvalue weighted by Crippen LogP contribution is -2.30. The number of H-pyrrole nitrogens is 1. The summed E-state index contributed by atoms with van der Waals surface area (Å²) < 4.78 is 5.10. The van der Waals surface area contributed by atoms with Crippen molar-refractivity contribution < 1.29 is 14.3 Å². The quantitative estimate of drug-likeness (QED) is 0.348. The maximum Gasteiger partial charge on any atom is 0.349 e. The summed E-state index contributed by atoms with van der Waals surface area (Å²) >= 11 is 2.72. The van der Waals surface area contributed by atoms with E-state index in [-0.39, 0.29) is 23.0 Å². The van der Waals surface area contributed by atoms with Gasteiger partial charge in [-0.2, -0.15) is 0 Å². The van der Waals surface area contributed by atoms with Gasteiger partial charge >= 0.3 is 5.97 Å². The first-order valence-corrected chi connectivity index (χ1v) is 10.4. The van der Waals surface area contributed by atoms with Gasteiger partial charge in [-0.05, 0) is 31.5 Å². The lowest BCUT2D eigenvalue weighted by atomic mass is 10.2. The van der Waals surface area contributed by atoms with E-state index in [1.54, 1.807) is 25.6 Å². The van der Waals surface area contributed by atoms with Gasteiger partial charge in [0.05, 0.1) is 5.39 Å². The minimum absolute atomic E-state index is 0.283. The van der Waals surface area contributed by atoms with E-state index < -0.39 is 5.97 Å². The van der Waals surface area contributed by atoms with Crippen LogP contribution in [-0.4, -0.2) is 40.7 Å². The predicted molar refractivity (Wildman–Crippen MR) is 110 cm³/mol. The summed E-state index contributed by atoms with van der Waals surface area (Å²) in [5.74, 6) is 0.192. The lowest BCUT2D eigenvalue weighted by molar-refractivity contribution is -0.124. The zero-order valence-electron chi connectivity index (χ0n) is 15.4. The average Bonchev–Trinajstić information content (AvgIpc) is 3.00. The Kier molecular flexibility index (Phi) is 6.48. The minimum Gasteiger partial charge on any atom is -0.451 e. The molecule has 0 radical (unpaired) electrons. The molecule has 146 valence electrons. The van der Waals surface area contributed by atoms with Gasteiger partial charge in [0.1, 0.15) is 15.5 Å². The molecule has 28 heavy (non-hydrogen) atoms. The van der Waals surface area contributed by atoms with Crippen molar-refractivity contribution in [2.45, 2.75) is 18.7 Å². The summed E-state index contributed by atoms with van der Waals surface area (Å²) in [6.07, 6.45) is 0. The molecule has 0 spiro atoms. The third-order valence-corrected chi connectivity index (χ3v) is 6.05. The smallest absolute Gasteiger partial charge is 0.349 e. The monoisotopic (exact) mass is 417 g/mol. The molecule has 0 saturated heterocycles. The van der Waals surface area contributed by atoms with E-state index >= 15 is 0 Å². The number of hydrogen-bond donors (Lipinski definition) is 2. The van der Waals surface area contributed by atoms with Crippen LogP contribution in [0.15, 0.2) is 40.0 Å². The molecule has 1 amide bonds. The number of aromatic amines is 1. The van der Waals surface area contributed by atoms with Gasteiger partial charge in [0.25, 0.3) is 11.5 Å². The Morgan fingerprint density at radius 3 is 2.75 bits per heavy atom. The molecule has 0 aliphatic rings. The van der Waals surface area contributed by atoms with Gasteiger partial charge in [0.2, 0.25) is 0 Å². The number of hydrogen-bond acceptors (Lipinski definition) is 7. The van der Waals surface area contributed by atoms with Crippen LogP contribution in [-0.2, 0) is 9.53 Å². The third kappa shape index (κ3) is 4.79. The Morgan fingerprint density at radius 2 is 2.00 bits per heavy atom. The number of rotatable bonds is 7. The van der Waals surface area contributed by atoms with E-state index in [0.29, 0.717) is 33.9 Å².